The molecule has 4 aromatic heterocycles. The summed E-state index contributed by atoms with van der Waals surface area (Å²) in [4.78, 5) is 35.2. The topological polar surface area (TPSA) is 216 Å². The number of nitrogens with one attached hydrogen (secondary N) is 1. The second kappa shape index (κ2) is 10.5. The molecule has 0 bridgehead atoms. The minimum atomic E-state index is -1.08. The number of aliphatic hydroxyl groups is 1. The Kier molecular flexibility index (Phi) is 6.90. The van der Waals surface area contributed by atoms with Crippen molar-refractivity contribution in [3.05, 3.63) is 29.3 Å². The standard InChI is InChI=1S/C21H27N10O6P/c22-16-14-17(25-7-24-16)30(8-26-14)12-3-1-10(36-12)5-34-21(33)38-35-6-11-2-4-13(37-11)31-9-27-15-18(31)28-20(23)29-19(15)32/h7-13,21,33,38H,1-6H2,(H2,22,24,25)(H3,23,28,29,32). The third-order valence-electron chi connectivity index (χ3n) is 6.52. The zero-order valence-electron chi connectivity index (χ0n) is 20.1. The lowest BCUT2D eigenvalue weighted by molar-refractivity contribution is -0.0957. The molecule has 0 amide bonds. The minimum absolute atomic E-state index is 0.0193. The Labute approximate surface area is 216 Å². The molecule has 4 aromatic rings. The Balaban J connectivity index is 0.935. The van der Waals surface area contributed by atoms with Crippen LogP contribution < -0.4 is 17.0 Å². The van der Waals surface area contributed by atoms with Gasteiger partial charge in [0.05, 0.1) is 46.9 Å². The number of rotatable bonds is 9. The average molecular weight is 546 g/mol. The lowest BCUT2D eigenvalue weighted by Crippen LogP contribution is -2.21. The number of anilines is 2. The summed E-state index contributed by atoms with van der Waals surface area (Å²) in [5.41, 5.74) is 12.9. The first-order chi connectivity index (χ1) is 18.5. The first-order valence-electron chi connectivity index (χ1n) is 12.1. The van der Waals surface area contributed by atoms with Gasteiger partial charge in [-0.3, -0.25) is 18.9 Å². The van der Waals surface area contributed by atoms with Crippen LogP contribution in [0.3, 0.4) is 0 Å². The molecule has 0 radical (unpaired) electrons. The van der Waals surface area contributed by atoms with Crippen molar-refractivity contribution in [2.45, 2.75) is 56.4 Å². The summed E-state index contributed by atoms with van der Waals surface area (Å²) in [5.74, 6) is 0.342. The fourth-order valence-corrected chi connectivity index (χ4v) is 5.30. The molecular formula is C21H27N10O6P. The van der Waals surface area contributed by atoms with Gasteiger partial charge in [0.1, 0.15) is 24.3 Å². The van der Waals surface area contributed by atoms with E-state index in [1.807, 2.05) is 4.57 Å². The maximum absolute atomic E-state index is 12.0. The number of ether oxygens (including phenoxy) is 3. The predicted molar refractivity (Wildman–Crippen MR) is 135 cm³/mol. The number of fused-ring (bicyclic) bond motifs is 2. The average Bonchev–Trinajstić information content (AvgIpc) is 3.68. The number of nitrogens with two attached hydrogens (primary N) is 2. The lowest BCUT2D eigenvalue weighted by atomic mass is 10.2. The lowest BCUT2D eigenvalue weighted by Gasteiger charge is -2.18. The molecule has 16 nitrogen and oxygen atoms in total. The smallest absolute Gasteiger partial charge is 0.280 e. The van der Waals surface area contributed by atoms with E-state index in [-0.39, 0.29) is 51.5 Å². The van der Waals surface area contributed by atoms with Gasteiger partial charge >= 0.3 is 0 Å². The molecule has 202 valence electrons. The van der Waals surface area contributed by atoms with Crippen molar-refractivity contribution in [2.24, 2.45) is 0 Å². The molecule has 38 heavy (non-hydrogen) atoms. The third-order valence-corrected chi connectivity index (χ3v) is 7.22. The maximum atomic E-state index is 12.0. The van der Waals surface area contributed by atoms with Crippen LogP contribution in [-0.4, -0.2) is 75.6 Å². The van der Waals surface area contributed by atoms with Gasteiger partial charge in [-0.05, 0) is 25.7 Å². The van der Waals surface area contributed by atoms with Crippen molar-refractivity contribution >= 4 is 42.9 Å². The zero-order chi connectivity index (χ0) is 26.2. The monoisotopic (exact) mass is 546 g/mol. The van der Waals surface area contributed by atoms with E-state index in [1.54, 1.807) is 10.9 Å². The molecule has 6 unspecified atom stereocenters. The van der Waals surface area contributed by atoms with Gasteiger partial charge in [-0.1, -0.05) is 0 Å². The van der Waals surface area contributed by atoms with Crippen LogP contribution in [0.15, 0.2) is 23.8 Å². The van der Waals surface area contributed by atoms with Crippen LogP contribution in [0, 0.1) is 0 Å². The largest absolute Gasteiger partial charge is 0.382 e. The van der Waals surface area contributed by atoms with Crippen molar-refractivity contribution in [3.8, 4) is 0 Å². The summed E-state index contributed by atoms with van der Waals surface area (Å²) in [7, 11) is -0.283. The summed E-state index contributed by atoms with van der Waals surface area (Å²) in [5, 5.41) is 10.2. The fourth-order valence-electron chi connectivity index (χ4n) is 4.71. The summed E-state index contributed by atoms with van der Waals surface area (Å²) in [6.07, 6.45) is 6.55. The second-order valence-corrected chi connectivity index (χ2v) is 10.1. The highest BCUT2D eigenvalue weighted by Crippen LogP contribution is 2.33. The molecule has 0 aromatic carbocycles. The van der Waals surface area contributed by atoms with Crippen LogP contribution in [0.5, 0.6) is 0 Å². The SMILES string of the molecule is Nc1nc2c(ncn2C2CCC(COPC(O)OCC3CCC(n4cnc5c(N)ncnc54)O3)O2)c(=O)[nH]1. The number of aromatic nitrogens is 8. The van der Waals surface area contributed by atoms with Gasteiger partial charge in [0, 0.05) is 0 Å². The molecule has 6 rings (SSSR count). The van der Waals surface area contributed by atoms with E-state index in [2.05, 4.69) is 29.9 Å². The Bertz CT molecular complexity index is 1490. The van der Waals surface area contributed by atoms with E-state index >= 15 is 0 Å². The van der Waals surface area contributed by atoms with Crippen molar-refractivity contribution < 1.29 is 23.8 Å². The highest BCUT2D eigenvalue weighted by atomic mass is 31.1. The fraction of sp³-hybridized carbons (Fsp3) is 0.524. The summed E-state index contributed by atoms with van der Waals surface area (Å²) in [6.45, 7) is 0.515. The molecular weight excluding hydrogens is 519 g/mol. The summed E-state index contributed by atoms with van der Waals surface area (Å²) < 4.78 is 26.9. The Morgan fingerprint density at radius 3 is 2.45 bits per heavy atom. The van der Waals surface area contributed by atoms with E-state index < -0.39 is 11.6 Å². The Morgan fingerprint density at radius 2 is 1.68 bits per heavy atom. The van der Waals surface area contributed by atoms with E-state index in [4.69, 9.17) is 30.2 Å². The van der Waals surface area contributed by atoms with Crippen LogP contribution in [0.4, 0.5) is 11.8 Å². The molecule has 0 saturated carbocycles. The van der Waals surface area contributed by atoms with E-state index in [0.717, 1.165) is 19.3 Å². The van der Waals surface area contributed by atoms with Crippen molar-refractivity contribution in [1.82, 2.24) is 39.0 Å². The van der Waals surface area contributed by atoms with Crippen LogP contribution in [0.25, 0.3) is 22.3 Å². The van der Waals surface area contributed by atoms with Gasteiger partial charge in [0.25, 0.3) is 5.56 Å². The van der Waals surface area contributed by atoms with Gasteiger partial charge in [-0.25, -0.2) is 19.9 Å². The second-order valence-electron chi connectivity index (χ2n) is 9.05. The van der Waals surface area contributed by atoms with Crippen LogP contribution >= 0.6 is 8.81 Å². The molecule has 2 aliphatic heterocycles. The van der Waals surface area contributed by atoms with Crippen LogP contribution in [0.1, 0.15) is 38.1 Å². The summed E-state index contributed by atoms with van der Waals surface area (Å²) in [6, 6.07) is -1.08. The van der Waals surface area contributed by atoms with E-state index in [0.29, 0.717) is 35.7 Å². The van der Waals surface area contributed by atoms with Crippen LogP contribution in [0.2, 0.25) is 0 Å². The highest BCUT2D eigenvalue weighted by molar-refractivity contribution is 7.32. The molecule has 17 heteroatoms. The third kappa shape index (κ3) is 4.93. The van der Waals surface area contributed by atoms with Crippen molar-refractivity contribution in [2.75, 3.05) is 24.7 Å². The first kappa shape index (κ1) is 25.0. The number of nitrogens with zero attached hydrogens (tertiary/aromatic N) is 7. The van der Waals surface area contributed by atoms with Gasteiger partial charge in [-0.2, -0.15) is 4.98 Å². The normalized spacial score (nSPS) is 24.9. The Morgan fingerprint density at radius 1 is 1.00 bits per heavy atom. The van der Waals surface area contributed by atoms with Gasteiger partial charge < -0.3 is 35.3 Å². The van der Waals surface area contributed by atoms with Crippen LogP contribution in [-0.2, 0) is 18.7 Å². The van der Waals surface area contributed by atoms with Crippen molar-refractivity contribution in [3.63, 3.8) is 0 Å². The minimum Gasteiger partial charge on any atom is -0.382 e. The number of aromatic amines is 1. The number of nitrogen functional groups attached to an aromatic ring is 2. The highest BCUT2D eigenvalue weighted by Gasteiger charge is 2.30. The molecule has 6 N–H and O–H groups in total. The predicted octanol–water partition coefficient (Wildman–Crippen LogP) is 0.382. The molecule has 2 fully saturated rings. The summed E-state index contributed by atoms with van der Waals surface area (Å²) >= 11 is 0. The number of aliphatic hydroxyl groups excluding tert-OH is 1. The quantitative estimate of drug-likeness (QED) is 0.165. The molecule has 2 aliphatic rings. The van der Waals surface area contributed by atoms with E-state index in [9.17, 15) is 9.90 Å². The molecule has 6 heterocycles. The van der Waals surface area contributed by atoms with Gasteiger partial charge in [0.15, 0.2) is 28.7 Å². The molecule has 6 atom stereocenters. The molecule has 0 spiro atoms. The number of H-pyrrole nitrogens is 1. The molecule has 0 aliphatic carbocycles. The van der Waals surface area contributed by atoms with Gasteiger partial charge in [-0.15, -0.1) is 0 Å². The zero-order valence-corrected chi connectivity index (χ0v) is 21.1. The number of imidazole rings is 2. The first-order valence-corrected chi connectivity index (χ1v) is 13.1. The Hall–Kier alpha value is -3.27. The number of hydrogen-bond acceptors (Lipinski definition) is 13. The molecule has 2 saturated heterocycles. The maximum Gasteiger partial charge on any atom is 0.280 e. The van der Waals surface area contributed by atoms with E-state index in [1.165, 1.54) is 12.7 Å². The van der Waals surface area contributed by atoms with Gasteiger partial charge in [0.2, 0.25) is 5.95 Å². The van der Waals surface area contributed by atoms with Crippen molar-refractivity contribution in [1.29, 1.82) is 0 Å². The number of hydrogen-bond donors (Lipinski definition) is 4.